The van der Waals surface area contributed by atoms with Crippen molar-refractivity contribution < 1.29 is 9.53 Å². The molecule has 0 aromatic carbocycles. The van der Waals surface area contributed by atoms with E-state index in [0.717, 1.165) is 12.8 Å². The third-order valence-electron chi connectivity index (χ3n) is 8.90. The predicted octanol–water partition coefficient (Wildman–Crippen LogP) is 14.4. The molecule has 0 aliphatic carbocycles. The molecule has 0 fully saturated rings. The van der Waals surface area contributed by atoms with Crippen molar-refractivity contribution in [3.8, 4) is 0 Å². The number of allylic oxidation sites excluding steroid dienone is 2. The summed E-state index contributed by atoms with van der Waals surface area (Å²) in [5, 5.41) is 0. The fourth-order valence-electron chi connectivity index (χ4n) is 5.96. The second kappa shape index (κ2) is 38.2. The Morgan fingerprint density at radius 3 is 1.02 bits per heavy atom. The van der Waals surface area contributed by atoms with E-state index in [1.54, 1.807) is 0 Å². The highest BCUT2D eigenvalue weighted by Gasteiger charge is 2.03. The summed E-state index contributed by atoms with van der Waals surface area (Å²) < 4.78 is 5.45. The summed E-state index contributed by atoms with van der Waals surface area (Å²) in [7, 11) is 0. The predicted molar refractivity (Wildman–Crippen MR) is 188 cm³/mol. The molecule has 0 atom stereocenters. The normalized spacial score (nSPS) is 11.6. The first-order chi connectivity index (χ1) is 20.8. The summed E-state index contributed by atoms with van der Waals surface area (Å²) in [6.07, 6.45) is 50.0. The van der Waals surface area contributed by atoms with Crippen molar-refractivity contribution in [3.63, 3.8) is 0 Å². The van der Waals surface area contributed by atoms with Crippen LogP contribution in [0.4, 0.5) is 0 Å². The average Bonchev–Trinajstić information content (AvgIpc) is 3.00. The van der Waals surface area contributed by atoms with E-state index in [1.165, 1.54) is 199 Å². The molecule has 0 heterocycles. The van der Waals surface area contributed by atoms with E-state index in [2.05, 4.69) is 26.0 Å². The summed E-state index contributed by atoms with van der Waals surface area (Å²) in [5.41, 5.74) is 0. The Kier molecular flexibility index (Phi) is 37.5. The second-order valence-corrected chi connectivity index (χ2v) is 13.3. The van der Waals surface area contributed by atoms with Crippen molar-refractivity contribution in [1.82, 2.24) is 0 Å². The van der Waals surface area contributed by atoms with Gasteiger partial charge in [0, 0.05) is 6.42 Å². The van der Waals surface area contributed by atoms with E-state index < -0.39 is 0 Å². The Morgan fingerprint density at radius 1 is 0.381 bits per heavy atom. The van der Waals surface area contributed by atoms with Gasteiger partial charge in [-0.2, -0.15) is 0 Å². The van der Waals surface area contributed by atoms with E-state index in [1.807, 2.05) is 0 Å². The molecular formula is C40H78O2. The molecule has 0 spiro atoms. The van der Waals surface area contributed by atoms with Gasteiger partial charge >= 0.3 is 5.97 Å². The molecule has 2 heteroatoms. The molecule has 0 saturated heterocycles. The third-order valence-corrected chi connectivity index (χ3v) is 8.90. The molecule has 0 bridgehead atoms. The van der Waals surface area contributed by atoms with Gasteiger partial charge in [0.15, 0.2) is 0 Å². The largest absolute Gasteiger partial charge is 0.466 e. The molecule has 0 saturated carbocycles. The molecule has 250 valence electrons. The molecule has 0 aromatic heterocycles. The fourth-order valence-corrected chi connectivity index (χ4v) is 5.96. The van der Waals surface area contributed by atoms with Gasteiger partial charge in [-0.1, -0.05) is 199 Å². The molecule has 42 heavy (non-hydrogen) atoms. The van der Waals surface area contributed by atoms with Crippen molar-refractivity contribution in [2.24, 2.45) is 0 Å². The molecule has 0 aromatic rings. The lowest BCUT2D eigenvalue weighted by molar-refractivity contribution is -0.143. The summed E-state index contributed by atoms with van der Waals surface area (Å²) in [4.78, 5) is 12.0. The van der Waals surface area contributed by atoms with Gasteiger partial charge in [-0.25, -0.2) is 0 Å². The number of rotatable bonds is 36. The zero-order chi connectivity index (χ0) is 30.4. The third kappa shape index (κ3) is 37.2. The maximum Gasteiger partial charge on any atom is 0.305 e. The summed E-state index contributed by atoms with van der Waals surface area (Å²) in [5.74, 6) is 0.0229. The van der Waals surface area contributed by atoms with Crippen LogP contribution in [0.15, 0.2) is 12.2 Å². The molecule has 0 aliphatic heterocycles. The van der Waals surface area contributed by atoms with E-state index in [0.29, 0.717) is 13.0 Å². The zero-order valence-electron chi connectivity index (χ0n) is 29.2. The minimum absolute atomic E-state index is 0.0229. The van der Waals surface area contributed by atoms with E-state index in [4.69, 9.17) is 4.74 Å². The average molecular weight is 591 g/mol. The Hall–Kier alpha value is -0.790. The van der Waals surface area contributed by atoms with Crippen molar-refractivity contribution in [1.29, 1.82) is 0 Å². The topological polar surface area (TPSA) is 26.3 Å². The summed E-state index contributed by atoms with van der Waals surface area (Å²) in [6, 6.07) is 0. The number of carbonyl (C=O) groups is 1. The van der Waals surface area contributed by atoms with Crippen molar-refractivity contribution in [2.75, 3.05) is 6.61 Å². The smallest absolute Gasteiger partial charge is 0.305 e. The number of hydrogen-bond acceptors (Lipinski definition) is 2. The van der Waals surface area contributed by atoms with Gasteiger partial charge in [0.05, 0.1) is 6.61 Å². The molecule has 0 N–H and O–H groups in total. The molecule has 0 radical (unpaired) electrons. The number of hydrogen-bond donors (Lipinski definition) is 0. The van der Waals surface area contributed by atoms with Crippen LogP contribution in [0, 0.1) is 0 Å². The van der Waals surface area contributed by atoms with Crippen LogP contribution in [-0.2, 0) is 9.53 Å². The van der Waals surface area contributed by atoms with Gasteiger partial charge in [0.25, 0.3) is 0 Å². The molecular weight excluding hydrogens is 512 g/mol. The van der Waals surface area contributed by atoms with Crippen LogP contribution in [0.5, 0.6) is 0 Å². The van der Waals surface area contributed by atoms with Gasteiger partial charge in [-0.3, -0.25) is 4.79 Å². The lowest BCUT2D eigenvalue weighted by Gasteiger charge is -2.06. The lowest BCUT2D eigenvalue weighted by Crippen LogP contribution is -2.05. The monoisotopic (exact) mass is 591 g/mol. The lowest BCUT2D eigenvalue weighted by atomic mass is 10.0. The minimum Gasteiger partial charge on any atom is -0.466 e. The maximum absolute atomic E-state index is 12.0. The molecule has 0 aliphatic rings. The second-order valence-electron chi connectivity index (χ2n) is 13.3. The molecule has 0 rings (SSSR count). The number of ether oxygens (including phenoxy) is 1. The summed E-state index contributed by atoms with van der Waals surface area (Å²) in [6.45, 7) is 5.21. The molecule has 0 amide bonds. The standard InChI is InChI=1S/C40H78O2/c1-3-5-7-9-11-13-15-17-19-21-23-25-27-29-31-33-35-37-39-42-40(41)38-36-34-32-30-28-26-24-22-20-18-16-14-12-10-8-6-4-2/h18,20H,3-17,19,21-39H2,1-2H3/b20-18-. The van der Waals surface area contributed by atoms with E-state index in [-0.39, 0.29) is 5.97 Å². The van der Waals surface area contributed by atoms with Crippen LogP contribution < -0.4 is 0 Å². The van der Waals surface area contributed by atoms with Gasteiger partial charge in [0.1, 0.15) is 0 Å². The molecule has 2 nitrogen and oxygen atoms in total. The first-order valence-electron chi connectivity index (χ1n) is 19.6. The highest BCUT2D eigenvalue weighted by atomic mass is 16.5. The molecule has 0 unspecified atom stereocenters. The number of esters is 1. The summed E-state index contributed by atoms with van der Waals surface area (Å²) >= 11 is 0. The maximum atomic E-state index is 12.0. The van der Waals surface area contributed by atoms with Gasteiger partial charge < -0.3 is 4.74 Å². The van der Waals surface area contributed by atoms with Gasteiger partial charge in [-0.05, 0) is 38.5 Å². The highest BCUT2D eigenvalue weighted by molar-refractivity contribution is 5.69. The van der Waals surface area contributed by atoms with Gasteiger partial charge in [0.2, 0.25) is 0 Å². The van der Waals surface area contributed by atoms with E-state index in [9.17, 15) is 4.79 Å². The highest BCUT2D eigenvalue weighted by Crippen LogP contribution is 2.15. The van der Waals surface area contributed by atoms with Gasteiger partial charge in [-0.15, -0.1) is 0 Å². The number of carbonyl (C=O) groups excluding carboxylic acids is 1. The van der Waals surface area contributed by atoms with Crippen LogP contribution >= 0.6 is 0 Å². The van der Waals surface area contributed by atoms with Crippen LogP contribution in [0.1, 0.15) is 232 Å². The van der Waals surface area contributed by atoms with Crippen LogP contribution in [-0.4, -0.2) is 12.6 Å². The van der Waals surface area contributed by atoms with E-state index >= 15 is 0 Å². The Morgan fingerprint density at radius 2 is 0.667 bits per heavy atom. The SMILES string of the molecule is CCCCCCCC/C=C\CCCCCCCCCC(=O)OCCCCCCCCCCCCCCCCCCCC. The van der Waals surface area contributed by atoms with Crippen molar-refractivity contribution >= 4 is 5.97 Å². The fraction of sp³-hybridized carbons (Fsp3) is 0.925. The number of unbranched alkanes of at least 4 members (excludes halogenated alkanes) is 30. The van der Waals surface area contributed by atoms with Crippen molar-refractivity contribution in [3.05, 3.63) is 12.2 Å². The van der Waals surface area contributed by atoms with Crippen LogP contribution in [0.2, 0.25) is 0 Å². The first-order valence-corrected chi connectivity index (χ1v) is 19.6. The zero-order valence-corrected chi connectivity index (χ0v) is 29.2. The Balaban J connectivity index is 3.18. The first kappa shape index (κ1) is 41.2. The Labute approximate surface area is 266 Å². The van der Waals surface area contributed by atoms with Crippen LogP contribution in [0.25, 0.3) is 0 Å². The van der Waals surface area contributed by atoms with Crippen LogP contribution in [0.3, 0.4) is 0 Å². The quantitative estimate of drug-likeness (QED) is 0.0412. The Bertz CT molecular complexity index is 526. The van der Waals surface area contributed by atoms with Crippen molar-refractivity contribution in [2.45, 2.75) is 232 Å². The minimum atomic E-state index is 0.0229.